The first kappa shape index (κ1) is 16.7. The minimum Gasteiger partial charge on any atom is -0.391 e. The molecule has 0 bridgehead atoms. The summed E-state index contributed by atoms with van der Waals surface area (Å²) in [6, 6.07) is 16.0. The number of halogens is 1. The molecular weight excluding hydrogens is 305 g/mol. The van der Waals surface area contributed by atoms with E-state index in [4.69, 9.17) is 0 Å². The van der Waals surface area contributed by atoms with Gasteiger partial charge in [-0.25, -0.2) is 4.39 Å². The summed E-state index contributed by atoms with van der Waals surface area (Å²) in [7, 11) is 0. The number of carbonyl (C=O) groups excluding carboxylic acids is 1. The van der Waals surface area contributed by atoms with E-state index in [-0.39, 0.29) is 23.7 Å². The third-order valence-corrected chi connectivity index (χ3v) is 4.70. The average Bonchev–Trinajstić information content (AvgIpc) is 2.98. The standard InChI is InChI=1S/C20H22FNO2/c1-14(15-7-9-17(21)10-8-15)11-20(24)22-13-18(23)12-19(22)16-5-3-2-4-6-16/h2-10,14,18-19,23H,11-13H2,1H3. The van der Waals surface area contributed by atoms with Crippen molar-refractivity contribution in [3.8, 4) is 0 Å². The van der Waals surface area contributed by atoms with E-state index >= 15 is 0 Å². The van der Waals surface area contributed by atoms with E-state index in [0.29, 0.717) is 19.4 Å². The van der Waals surface area contributed by atoms with Crippen molar-refractivity contribution >= 4 is 5.91 Å². The maximum Gasteiger partial charge on any atom is 0.223 e. The van der Waals surface area contributed by atoms with Crippen LogP contribution in [0.5, 0.6) is 0 Å². The molecule has 3 rings (SSSR count). The van der Waals surface area contributed by atoms with Gasteiger partial charge >= 0.3 is 0 Å². The molecule has 0 radical (unpaired) electrons. The zero-order valence-corrected chi connectivity index (χ0v) is 13.7. The van der Waals surface area contributed by atoms with Gasteiger partial charge in [0.05, 0.1) is 12.1 Å². The van der Waals surface area contributed by atoms with Gasteiger partial charge in [0.25, 0.3) is 0 Å². The Hall–Kier alpha value is -2.20. The number of aliphatic hydroxyl groups excluding tert-OH is 1. The topological polar surface area (TPSA) is 40.5 Å². The zero-order valence-electron chi connectivity index (χ0n) is 13.7. The number of rotatable bonds is 4. The zero-order chi connectivity index (χ0) is 17.1. The average molecular weight is 327 g/mol. The molecule has 4 heteroatoms. The Kier molecular flexibility index (Phi) is 4.95. The van der Waals surface area contributed by atoms with Crippen LogP contribution in [0.15, 0.2) is 54.6 Å². The van der Waals surface area contributed by atoms with E-state index in [0.717, 1.165) is 11.1 Å². The lowest BCUT2D eigenvalue weighted by Gasteiger charge is -2.26. The van der Waals surface area contributed by atoms with Gasteiger partial charge in [-0.3, -0.25) is 4.79 Å². The molecule has 126 valence electrons. The molecule has 24 heavy (non-hydrogen) atoms. The molecular formula is C20H22FNO2. The SMILES string of the molecule is CC(CC(=O)N1CC(O)CC1c1ccccc1)c1ccc(F)cc1. The highest BCUT2D eigenvalue weighted by Crippen LogP contribution is 2.33. The number of carbonyl (C=O) groups is 1. The maximum atomic E-state index is 13.0. The summed E-state index contributed by atoms with van der Waals surface area (Å²) < 4.78 is 13.0. The summed E-state index contributed by atoms with van der Waals surface area (Å²) in [5.74, 6) is -0.242. The van der Waals surface area contributed by atoms with Crippen molar-refractivity contribution in [1.29, 1.82) is 0 Å². The fourth-order valence-electron chi connectivity index (χ4n) is 3.37. The fourth-order valence-corrected chi connectivity index (χ4v) is 3.37. The molecule has 1 heterocycles. The Bertz CT molecular complexity index is 687. The number of aliphatic hydroxyl groups is 1. The third-order valence-electron chi connectivity index (χ3n) is 4.70. The molecule has 1 aliphatic rings. The predicted molar refractivity (Wildman–Crippen MR) is 91.0 cm³/mol. The van der Waals surface area contributed by atoms with Gasteiger partial charge in [0.15, 0.2) is 0 Å². The minimum absolute atomic E-state index is 0.00673. The molecule has 1 aliphatic heterocycles. The molecule has 0 spiro atoms. The van der Waals surface area contributed by atoms with E-state index in [1.807, 2.05) is 37.3 Å². The van der Waals surface area contributed by atoms with Crippen molar-refractivity contribution in [1.82, 2.24) is 4.90 Å². The van der Waals surface area contributed by atoms with Gasteiger partial charge in [0.1, 0.15) is 5.82 Å². The highest BCUT2D eigenvalue weighted by molar-refractivity contribution is 5.78. The Balaban J connectivity index is 1.72. The first-order chi connectivity index (χ1) is 11.5. The quantitative estimate of drug-likeness (QED) is 0.931. The van der Waals surface area contributed by atoms with Crippen LogP contribution in [0.25, 0.3) is 0 Å². The van der Waals surface area contributed by atoms with Crippen LogP contribution in [0.1, 0.15) is 42.9 Å². The normalized spacial score (nSPS) is 21.7. The smallest absolute Gasteiger partial charge is 0.223 e. The second-order valence-electron chi connectivity index (χ2n) is 6.52. The van der Waals surface area contributed by atoms with Gasteiger partial charge in [-0.2, -0.15) is 0 Å². The summed E-state index contributed by atoms with van der Waals surface area (Å²) in [6.45, 7) is 2.34. The van der Waals surface area contributed by atoms with Crippen LogP contribution >= 0.6 is 0 Å². The molecule has 3 nitrogen and oxygen atoms in total. The summed E-state index contributed by atoms with van der Waals surface area (Å²) in [6.07, 6.45) is 0.433. The third kappa shape index (κ3) is 3.65. The number of nitrogens with zero attached hydrogens (tertiary/aromatic N) is 1. The van der Waals surface area contributed by atoms with Crippen LogP contribution < -0.4 is 0 Å². The van der Waals surface area contributed by atoms with Gasteiger partial charge in [-0.1, -0.05) is 49.4 Å². The van der Waals surface area contributed by atoms with Crippen molar-refractivity contribution < 1.29 is 14.3 Å². The van der Waals surface area contributed by atoms with Gasteiger partial charge in [0, 0.05) is 13.0 Å². The summed E-state index contributed by atoms with van der Waals surface area (Å²) in [5.41, 5.74) is 2.00. The van der Waals surface area contributed by atoms with Crippen LogP contribution in [-0.2, 0) is 4.79 Å². The fraction of sp³-hybridized carbons (Fsp3) is 0.350. The Morgan fingerprint density at radius 3 is 2.54 bits per heavy atom. The van der Waals surface area contributed by atoms with E-state index < -0.39 is 6.10 Å². The molecule has 0 saturated carbocycles. The monoisotopic (exact) mass is 327 g/mol. The van der Waals surface area contributed by atoms with E-state index in [9.17, 15) is 14.3 Å². The van der Waals surface area contributed by atoms with Crippen molar-refractivity contribution in [2.24, 2.45) is 0 Å². The Morgan fingerprint density at radius 2 is 1.88 bits per heavy atom. The Labute approximate surface area is 141 Å². The minimum atomic E-state index is -0.486. The van der Waals surface area contributed by atoms with Gasteiger partial charge < -0.3 is 10.0 Å². The largest absolute Gasteiger partial charge is 0.391 e. The first-order valence-corrected chi connectivity index (χ1v) is 8.32. The van der Waals surface area contributed by atoms with Crippen molar-refractivity contribution in [2.45, 2.75) is 37.8 Å². The molecule has 0 aromatic heterocycles. The van der Waals surface area contributed by atoms with E-state index in [1.165, 1.54) is 12.1 Å². The second kappa shape index (κ2) is 7.14. The number of β-amino-alcohol motifs (C(OH)–C–C–N with tert-alkyl or cyclic N) is 1. The van der Waals surface area contributed by atoms with Gasteiger partial charge in [0.2, 0.25) is 5.91 Å². The molecule has 2 aromatic rings. The van der Waals surface area contributed by atoms with Crippen LogP contribution in [0.3, 0.4) is 0 Å². The van der Waals surface area contributed by atoms with Crippen molar-refractivity contribution in [3.05, 3.63) is 71.5 Å². The highest BCUT2D eigenvalue weighted by atomic mass is 19.1. The molecule has 3 unspecified atom stereocenters. The van der Waals surface area contributed by atoms with Gasteiger partial charge in [-0.15, -0.1) is 0 Å². The molecule has 3 atom stereocenters. The van der Waals surface area contributed by atoms with Crippen LogP contribution in [-0.4, -0.2) is 28.6 Å². The molecule has 2 aromatic carbocycles. The lowest BCUT2D eigenvalue weighted by molar-refractivity contribution is -0.132. The summed E-state index contributed by atoms with van der Waals surface area (Å²) in [5, 5.41) is 10.0. The highest BCUT2D eigenvalue weighted by Gasteiger charge is 2.35. The Morgan fingerprint density at radius 1 is 1.21 bits per heavy atom. The molecule has 1 amide bonds. The predicted octanol–water partition coefficient (Wildman–Crippen LogP) is 3.65. The second-order valence-corrected chi connectivity index (χ2v) is 6.52. The molecule has 0 aliphatic carbocycles. The van der Waals surface area contributed by atoms with Crippen LogP contribution in [0.4, 0.5) is 4.39 Å². The van der Waals surface area contributed by atoms with Crippen LogP contribution in [0, 0.1) is 5.82 Å². The molecule has 1 saturated heterocycles. The van der Waals surface area contributed by atoms with Crippen LogP contribution in [0.2, 0.25) is 0 Å². The number of benzene rings is 2. The summed E-state index contributed by atoms with van der Waals surface area (Å²) in [4.78, 5) is 14.5. The first-order valence-electron chi connectivity index (χ1n) is 8.32. The molecule has 1 fully saturated rings. The lowest BCUT2D eigenvalue weighted by atomic mass is 9.96. The molecule has 1 N–H and O–H groups in total. The summed E-state index contributed by atoms with van der Waals surface area (Å²) >= 11 is 0. The maximum absolute atomic E-state index is 13.0. The lowest BCUT2D eigenvalue weighted by Crippen LogP contribution is -2.32. The number of likely N-dealkylation sites (tertiary alicyclic amines) is 1. The van der Waals surface area contributed by atoms with E-state index in [2.05, 4.69) is 0 Å². The number of hydrogen-bond donors (Lipinski definition) is 1. The number of amides is 1. The van der Waals surface area contributed by atoms with Gasteiger partial charge in [-0.05, 0) is 35.6 Å². The van der Waals surface area contributed by atoms with Crippen molar-refractivity contribution in [3.63, 3.8) is 0 Å². The number of hydrogen-bond acceptors (Lipinski definition) is 2. The van der Waals surface area contributed by atoms with E-state index in [1.54, 1.807) is 17.0 Å². The van der Waals surface area contributed by atoms with Crippen molar-refractivity contribution in [2.75, 3.05) is 6.54 Å².